The molecule has 0 saturated heterocycles. The van der Waals surface area contributed by atoms with Crippen LogP contribution in [0, 0.1) is 0 Å². The molecular weight excluding hydrogens is 234 g/mol. The van der Waals surface area contributed by atoms with Crippen LogP contribution in [0.3, 0.4) is 0 Å². The maximum Gasteiger partial charge on any atom is 0.333 e. The minimum Gasteiger partial charge on any atom is -0.544 e. The summed E-state index contributed by atoms with van der Waals surface area (Å²) in [6.07, 6.45) is 0. The van der Waals surface area contributed by atoms with Gasteiger partial charge in [-0.2, -0.15) is 0 Å². The smallest absolute Gasteiger partial charge is 0.333 e. The Bertz CT molecular complexity index is 321. The Morgan fingerprint density at radius 3 is 2.17 bits per heavy atom. The Labute approximate surface area is 109 Å². The molecule has 0 fully saturated rings. The normalized spacial score (nSPS) is 12.9. The summed E-state index contributed by atoms with van der Waals surface area (Å²) in [7, 11) is 0. The second-order valence-corrected chi connectivity index (χ2v) is 4.49. The fourth-order valence-corrected chi connectivity index (χ4v) is 1.95. The second kappa shape index (κ2) is 7.16. The number of rotatable bonds is 8. The largest absolute Gasteiger partial charge is 0.544 e. The maximum atomic E-state index is 11.3. The molecule has 0 aromatic heterocycles. The van der Waals surface area contributed by atoms with Crippen molar-refractivity contribution in [2.24, 2.45) is 0 Å². The standard InChI is InChI=1S/C13H23NO4/c1-6-14(7-2,11(5)12(15)16)8-9-18-13(17)10(3)4/h11H,3,6-9H2,1-2,4-5H3. The molecule has 0 aromatic rings. The average Bonchev–Trinajstić information content (AvgIpc) is 2.33. The topological polar surface area (TPSA) is 66.4 Å². The first-order chi connectivity index (χ1) is 8.30. The number of carbonyl (C=O) groups excluding carboxylic acids is 2. The SMILES string of the molecule is C=C(C)C(=O)OCC[N+](CC)(CC)C(C)C(=O)[O-]. The minimum atomic E-state index is -1.08. The number of likely N-dealkylation sites (N-methyl/N-ethyl adjacent to an activating group) is 1. The molecule has 5 heteroatoms. The van der Waals surface area contributed by atoms with E-state index in [4.69, 9.17) is 4.74 Å². The van der Waals surface area contributed by atoms with E-state index >= 15 is 0 Å². The quantitative estimate of drug-likeness (QED) is 0.351. The predicted molar refractivity (Wildman–Crippen MR) is 66.5 cm³/mol. The minimum absolute atomic E-state index is 0.186. The Balaban J connectivity index is 4.58. The van der Waals surface area contributed by atoms with Gasteiger partial charge in [0.25, 0.3) is 0 Å². The molecule has 0 radical (unpaired) electrons. The number of nitrogens with zero attached hydrogens (tertiary/aromatic N) is 1. The first kappa shape index (κ1) is 16.6. The third-order valence-electron chi connectivity index (χ3n) is 3.54. The van der Waals surface area contributed by atoms with Gasteiger partial charge < -0.3 is 19.1 Å². The molecule has 0 saturated carbocycles. The summed E-state index contributed by atoms with van der Waals surface area (Å²) in [5, 5.41) is 11.0. The maximum absolute atomic E-state index is 11.3. The van der Waals surface area contributed by atoms with Crippen LogP contribution >= 0.6 is 0 Å². The van der Waals surface area contributed by atoms with Crippen molar-refractivity contribution in [1.29, 1.82) is 0 Å². The molecule has 1 atom stereocenters. The van der Waals surface area contributed by atoms with Crippen molar-refractivity contribution in [3.8, 4) is 0 Å². The number of hydrogen-bond donors (Lipinski definition) is 0. The monoisotopic (exact) mass is 257 g/mol. The van der Waals surface area contributed by atoms with Crippen molar-refractivity contribution in [1.82, 2.24) is 0 Å². The first-order valence-corrected chi connectivity index (χ1v) is 6.20. The van der Waals surface area contributed by atoms with Crippen LogP contribution in [0.25, 0.3) is 0 Å². The molecule has 18 heavy (non-hydrogen) atoms. The van der Waals surface area contributed by atoms with Gasteiger partial charge in [-0.3, -0.25) is 0 Å². The van der Waals surface area contributed by atoms with Crippen molar-refractivity contribution in [3.63, 3.8) is 0 Å². The van der Waals surface area contributed by atoms with Crippen LogP contribution in [0.1, 0.15) is 27.7 Å². The Morgan fingerprint density at radius 1 is 1.33 bits per heavy atom. The van der Waals surface area contributed by atoms with Gasteiger partial charge in [0.2, 0.25) is 0 Å². The highest BCUT2D eigenvalue weighted by molar-refractivity contribution is 5.86. The lowest BCUT2D eigenvalue weighted by molar-refractivity contribution is -0.940. The Morgan fingerprint density at radius 2 is 1.83 bits per heavy atom. The van der Waals surface area contributed by atoms with E-state index in [9.17, 15) is 14.7 Å². The van der Waals surface area contributed by atoms with Crippen molar-refractivity contribution >= 4 is 11.9 Å². The zero-order chi connectivity index (χ0) is 14.3. The van der Waals surface area contributed by atoms with Gasteiger partial charge in [0.1, 0.15) is 19.2 Å². The van der Waals surface area contributed by atoms with Crippen molar-refractivity contribution < 1.29 is 23.9 Å². The summed E-state index contributed by atoms with van der Waals surface area (Å²) in [5.74, 6) is -1.52. The van der Waals surface area contributed by atoms with Crippen LogP contribution in [-0.4, -0.2) is 48.7 Å². The highest BCUT2D eigenvalue weighted by atomic mass is 16.5. The number of aliphatic carboxylic acids is 1. The molecule has 0 aliphatic rings. The van der Waals surface area contributed by atoms with Gasteiger partial charge in [0, 0.05) is 5.57 Å². The van der Waals surface area contributed by atoms with E-state index in [1.807, 2.05) is 13.8 Å². The molecule has 0 aliphatic carbocycles. The summed E-state index contributed by atoms with van der Waals surface area (Å²) in [6, 6.07) is -0.622. The van der Waals surface area contributed by atoms with Crippen LogP contribution in [-0.2, 0) is 14.3 Å². The lowest BCUT2D eigenvalue weighted by atomic mass is 10.2. The highest BCUT2D eigenvalue weighted by Gasteiger charge is 2.31. The van der Waals surface area contributed by atoms with Crippen LogP contribution in [0.2, 0.25) is 0 Å². The molecule has 0 spiro atoms. The third-order valence-corrected chi connectivity index (χ3v) is 3.54. The molecule has 1 unspecified atom stereocenters. The van der Waals surface area contributed by atoms with Gasteiger partial charge in [-0.1, -0.05) is 6.58 Å². The molecule has 104 valence electrons. The van der Waals surface area contributed by atoms with Gasteiger partial charge in [0.15, 0.2) is 0 Å². The Hall–Kier alpha value is -1.36. The summed E-state index contributed by atoms with van der Waals surface area (Å²) in [4.78, 5) is 22.3. The molecule has 0 bridgehead atoms. The number of hydrogen-bond acceptors (Lipinski definition) is 4. The number of quaternary nitrogens is 1. The van der Waals surface area contributed by atoms with E-state index < -0.39 is 18.0 Å². The first-order valence-electron chi connectivity index (χ1n) is 6.20. The zero-order valence-electron chi connectivity index (χ0n) is 11.7. The lowest BCUT2D eigenvalue weighted by Crippen LogP contribution is -2.61. The van der Waals surface area contributed by atoms with Gasteiger partial charge in [-0.15, -0.1) is 0 Å². The molecule has 0 aliphatic heterocycles. The van der Waals surface area contributed by atoms with E-state index in [1.54, 1.807) is 13.8 Å². The molecule has 5 nitrogen and oxygen atoms in total. The molecule has 0 rings (SSSR count). The van der Waals surface area contributed by atoms with E-state index in [1.165, 1.54) is 0 Å². The van der Waals surface area contributed by atoms with Gasteiger partial charge in [-0.05, 0) is 27.7 Å². The predicted octanol–water partition coefficient (Wildman–Crippen LogP) is 0.101. The van der Waals surface area contributed by atoms with Crippen LogP contribution in [0.15, 0.2) is 12.2 Å². The van der Waals surface area contributed by atoms with Gasteiger partial charge in [0.05, 0.1) is 19.1 Å². The number of carboxylic acids is 1. The Kier molecular flexibility index (Phi) is 6.62. The van der Waals surface area contributed by atoms with E-state index in [2.05, 4.69) is 6.58 Å². The van der Waals surface area contributed by atoms with Gasteiger partial charge >= 0.3 is 5.97 Å². The average molecular weight is 257 g/mol. The summed E-state index contributed by atoms with van der Waals surface area (Å²) < 4.78 is 5.36. The molecule has 0 aromatic carbocycles. The van der Waals surface area contributed by atoms with E-state index in [0.29, 0.717) is 29.7 Å². The fourth-order valence-electron chi connectivity index (χ4n) is 1.95. The third kappa shape index (κ3) is 4.14. The molecule has 0 heterocycles. The summed E-state index contributed by atoms with van der Waals surface area (Å²) >= 11 is 0. The molecule has 0 amide bonds. The number of carboxylic acid groups (broad SMARTS) is 1. The number of ether oxygens (including phenoxy) is 1. The van der Waals surface area contributed by atoms with Gasteiger partial charge in [-0.25, -0.2) is 4.79 Å². The van der Waals surface area contributed by atoms with E-state index in [-0.39, 0.29) is 6.61 Å². The van der Waals surface area contributed by atoms with Crippen LogP contribution in [0.4, 0.5) is 0 Å². The van der Waals surface area contributed by atoms with Crippen LogP contribution in [0.5, 0.6) is 0 Å². The zero-order valence-corrected chi connectivity index (χ0v) is 11.7. The lowest BCUT2D eigenvalue weighted by Gasteiger charge is -2.42. The molecular formula is C13H23NO4. The highest BCUT2D eigenvalue weighted by Crippen LogP contribution is 2.13. The second-order valence-electron chi connectivity index (χ2n) is 4.49. The summed E-state index contributed by atoms with van der Waals surface area (Å²) in [5.41, 5.74) is 0.342. The van der Waals surface area contributed by atoms with Crippen molar-refractivity contribution in [2.75, 3.05) is 26.2 Å². The van der Waals surface area contributed by atoms with Crippen molar-refractivity contribution in [2.45, 2.75) is 33.7 Å². The van der Waals surface area contributed by atoms with Crippen LogP contribution < -0.4 is 5.11 Å². The molecule has 0 N–H and O–H groups in total. The fraction of sp³-hybridized carbons (Fsp3) is 0.692. The van der Waals surface area contributed by atoms with E-state index in [0.717, 1.165) is 0 Å². The summed E-state index contributed by atoms with van der Waals surface area (Å²) in [6.45, 7) is 12.5. The number of carbonyl (C=O) groups is 2. The number of esters is 1. The van der Waals surface area contributed by atoms with Crippen molar-refractivity contribution in [3.05, 3.63) is 12.2 Å².